The van der Waals surface area contributed by atoms with Crippen molar-refractivity contribution in [1.82, 2.24) is 14.7 Å². The molecule has 1 atom stereocenters. The summed E-state index contributed by atoms with van der Waals surface area (Å²) in [6.07, 6.45) is -0.330. The van der Waals surface area contributed by atoms with Gasteiger partial charge in [-0.15, -0.1) is 0 Å². The Kier molecular flexibility index (Phi) is 7.61. The van der Waals surface area contributed by atoms with Gasteiger partial charge in [-0.1, -0.05) is 78.9 Å². The van der Waals surface area contributed by atoms with Crippen molar-refractivity contribution in [3.05, 3.63) is 102 Å². The molecule has 0 N–H and O–H groups in total. The molecule has 2 saturated heterocycles. The molecule has 3 aromatic rings. The van der Waals surface area contributed by atoms with Crippen LogP contribution in [0, 0.1) is 0 Å². The number of cyclic esters (lactones) is 1. The summed E-state index contributed by atoms with van der Waals surface area (Å²) >= 11 is 0. The van der Waals surface area contributed by atoms with E-state index in [1.807, 2.05) is 30.3 Å². The minimum atomic E-state index is -0.237. The predicted octanol–water partition coefficient (Wildman–Crippen LogP) is 4.29. The van der Waals surface area contributed by atoms with Crippen LogP contribution in [0.15, 0.2) is 91.0 Å². The molecule has 2 heterocycles. The maximum absolute atomic E-state index is 12.3. The van der Waals surface area contributed by atoms with Crippen LogP contribution in [0.4, 0.5) is 4.79 Å². The second-order valence-corrected chi connectivity index (χ2v) is 9.17. The lowest BCUT2D eigenvalue weighted by molar-refractivity contribution is 0.0670. The minimum absolute atomic E-state index is 0.0928. The molecular formula is C29H33N3O3. The first-order valence-corrected chi connectivity index (χ1v) is 12.5. The molecule has 1 unspecified atom stereocenters. The van der Waals surface area contributed by atoms with Crippen molar-refractivity contribution >= 4 is 6.09 Å². The Balaban J connectivity index is 1.12. The Morgan fingerprint density at radius 3 is 1.97 bits per heavy atom. The lowest BCUT2D eigenvalue weighted by Gasteiger charge is -2.40. The molecule has 0 radical (unpaired) electrons. The quantitative estimate of drug-likeness (QED) is 0.466. The number of benzene rings is 3. The normalized spacial score (nSPS) is 19.2. The third-order valence-electron chi connectivity index (χ3n) is 6.79. The SMILES string of the molecule is O=C1OC(CN2CCN(C(c3ccccc3)c3ccccc3)CC2)CN1CCOc1ccccc1. The van der Waals surface area contributed by atoms with Crippen molar-refractivity contribution in [3.63, 3.8) is 0 Å². The molecule has 5 rings (SSSR count). The van der Waals surface area contributed by atoms with Crippen LogP contribution in [0.5, 0.6) is 5.75 Å². The van der Waals surface area contributed by atoms with Crippen molar-refractivity contribution < 1.29 is 14.3 Å². The maximum atomic E-state index is 12.3. The summed E-state index contributed by atoms with van der Waals surface area (Å²) in [5, 5.41) is 0. The van der Waals surface area contributed by atoms with Crippen LogP contribution in [-0.4, -0.2) is 79.3 Å². The van der Waals surface area contributed by atoms with E-state index in [-0.39, 0.29) is 18.2 Å². The summed E-state index contributed by atoms with van der Waals surface area (Å²) in [7, 11) is 0. The first-order chi connectivity index (χ1) is 17.3. The second-order valence-electron chi connectivity index (χ2n) is 9.17. The molecular weight excluding hydrogens is 438 g/mol. The summed E-state index contributed by atoms with van der Waals surface area (Å²) in [4.78, 5) is 19.1. The van der Waals surface area contributed by atoms with Crippen LogP contribution in [0.1, 0.15) is 17.2 Å². The number of hydrogen-bond acceptors (Lipinski definition) is 5. The van der Waals surface area contributed by atoms with Gasteiger partial charge in [-0.25, -0.2) is 4.79 Å². The van der Waals surface area contributed by atoms with Crippen LogP contribution in [0.2, 0.25) is 0 Å². The van der Waals surface area contributed by atoms with E-state index in [0.717, 1.165) is 38.5 Å². The fraction of sp³-hybridized carbons (Fsp3) is 0.345. The van der Waals surface area contributed by atoms with E-state index in [1.54, 1.807) is 4.90 Å². The summed E-state index contributed by atoms with van der Waals surface area (Å²) in [5.74, 6) is 0.818. The summed E-state index contributed by atoms with van der Waals surface area (Å²) in [6, 6.07) is 31.4. The number of carbonyl (C=O) groups excluding carboxylic acids is 1. The highest BCUT2D eigenvalue weighted by atomic mass is 16.6. The van der Waals surface area contributed by atoms with Gasteiger partial charge in [0.1, 0.15) is 18.5 Å². The number of nitrogens with zero attached hydrogens (tertiary/aromatic N) is 3. The third-order valence-corrected chi connectivity index (χ3v) is 6.79. The summed E-state index contributed by atoms with van der Waals surface area (Å²) in [6.45, 7) is 6.26. The van der Waals surface area contributed by atoms with Crippen molar-refractivity contribution in [2.24, 2.45) is 0 Å². The fourth-order valence-corrected chi connectivity index (χ4v) is 5.02. The highest BCUT2D eigenvalue weighted by molar-refractivity contribution is 5.69. The molecule has 6 heteroatoms. The Bertz CT molecular complexity index is 1020. The standard InChI is InChI=1S/C29H33N3O3/c33-29-32(20-21-34-26-14-8-3-9-15-26)23-27(35-29)22-30-16-18-31(19-17-30)28(24-10-4-1-5-11-24)25-12-6-2-7-13-25/h1-15,27-28H,16-23H2. The van der Waals surface area contributed by atoms with Gasteiger partial charge in [-0.05, 0) is 23.3 Å². The number of piperazine rings is 1. The molecule has 35 heavy (non-hydrogen) atoms. The molecule has 2 aliphatic rings. The Morgan fingerprint density at radius 2 is 1.37 bits per heavy atom. The van der Waals surface area contributed by atoms with E-state index in [2.05, 4.69) is 70.5 Å². The molecule has 0 aromatic heterocycles. The van der Waals surface area contributed by atoms with Crippen LogP contribution in [-0.2, 0) is 4.74 Å². The van der Waals surface area contributed by atoms with Crippen molar-refractivity contribution in [3.8, 4) is 5.75 Å². The van der Waals surface area contributed by atoms with Gasteiger partial charge in [0.25, 0.3) is 0 Å². The average Bonchev–Trinajstić information content (AvgIpc) is 3.25. The maximum Gasteiger partial charge on any atom is 0.410 e. The minimum Gasteiger partial charge on any atom is -0.492 e. The average molecular weight is 472 g/mol. The van der Waals surface area contributed by atoms with Gasteiger partial charge in [0, 0.05) is 32.7 Å². The zero-order valence-corrected chi connectivity index (χ0v) is 20.0. The van der Waals surface area contributed by atoms with Crippen LogP contribution in [0.25, 0.3) is 0 Å². The monoisotopic (exact) mass is 471 g/mol. The highest BCUT2D eigenvalue weighted by Gasteiger charge is 2.34. The molecule has 2 fully saturated rings. The van der Waals surface area contributed by atoms with E-state index in [0.29, 0.717) is 19.7 Å². The topological polar surface area (TPSA) is 45.2 Å². The number of amides is 1. The lowest BCUT2D eigenvalue weighted by Crippen LogP contribution is -2.50. The van der Waals surface area contributed by atoms with Crippen LogP contribution in [0.3, 0.4) is 0 Å². The fourth-order valence-electron chi connectivity index (χ4n) is 5.02. The third kappa shape index (κ3) is 6.02. The van der Waals surface area contributed by atoms with Crippen molar-refractivity contribution in [2.75, 3.05) is 52.4 Å². The molecule has 0 saturated carbocycles. The number of rotatable bonds is 9. The molecule has 182 valence electrons. The zero-order chi connectivity index (χ0) is 23.9. The number of ether oxygens (including phenoxy) is 2. The van der Waals surface area contributed by atoms with Gasteiger partial charge in [-0.3, -0.25) is 9.80 Å². The van der Waals surface area contributed by atoms with Gasteiger partial charge in [0.15, 0.2) is 0 Å². The largest absolute Gasteiger partial charge is 0.492 e. The van der Waals surface area contributed by atoms with Crippen LogP contribution >= 0.6 is 0 Å². The van der Waals surface area contributed by atoms with E-state index in [1.165, 1.54) is 11.1 Å². The van der Waals surface area contributed by atoms with Gasteiger partial charge in [0.2, 0.25) is 0 Å². The molecule has 6 nitrogen and oxygen atoms in total. The predicted molar refractivity (Wildman–Crippen MR) is 137 cm³/mol. The molecule has 2 aliphatic heterocycles. The Labute approximate surface area is 207 Å². The lowest BCUT2D eigenvalue weighted by atomic mass is 9.96. The highest BCUT2D eigenvalue weighted by Crippen LogP contribution is 2.29. The smallest absolute Gasteiger partial charge is 0.410 e. The molecule has 0 bridgehead atoms. The van der Waals surface area contributed by atoms with E-state index in [9.17, 15) is 4.79 Å². The number of carbonyl (C=O) groups is 1. The summed E-state index contributed by atoms with van der Waals surface area (Å²) < 4.78 is 11.4. The molecule has 0 aliphatic carbocycles. The first-order valence-electron chi connectivity index (χ1n) is 12.5. The first kappa shape index (κ1) is 23.4. The van der Waals surface area contributed by atoms with Crippen molar-refractivity contribution in [2.45, 2.75) is 12.1 Å². The second kappa shape index (κ2) is 11.4. The van der Waals surface area contributed by atoms with Crippen LogP contribution < -0.4 is 4.74 Å². The van der Waals surface area contributed by atoms with Gasteiger partial charge in [0.05, 0.1) is 19.1 Å². The Morgan fingerprint density at radius 1 is 0.800 bits per heavy atom. The van der Waals surface area contributed by atoms with Crippen molar-refractivity contribution in [1.29, 1.82) is 0 Å². The van der Waals surface area contributed by atoms with Gasteiger partial charge < -0.3 is 14.4 Å². The van der Waals surface area contributed by atoms with E-state index < -0.39 is 0 Å². The summed E-state index contributed by atoms with van der Waals surface area (Å²) in [5.41, 5.74) is 2.65. The number of hydrogen-bond donors (Lipinski definition) is 0. The Hall–Kier alpha value is -3.35. The van der Waals surface area contributed by atoms with Gasteiger partial charge in [-0.2, -0.15) is 0 Å². The van der Waals surface area contributed by atoms with E-state index in [4.69, 9.17) is 9.47 Å². The molecule has 3 aromatic carbocycles. The van der Waals surface area contributed by atoms with Gasteiger partial charge >= 0.3 is 6.09 Å². The molecule has 0 spiro atoms. The number of para-hydroxylation sites is 1. The molecule has 1 amide bonds. The van der Waals surface area contributed by atoms with E-state index >= 15 is 0 Å². The zero-order valence-electron chi connectivity index (χ0n) is 20.0.